The molecular weight excluding hydrogens is 256 g/mol. The Hall–Kier alpha value is -0.860. The van der Waals surface area contributed by atoms with E-state index in [1.165, 1.54) is 63.6 Å². The third-order valence-electron chi connectivity index (χ3n) is 5.28. The van der Waals surface area contributed by atoms with Gasteiger partial charge in [0.25, 0.3) is 0 Å². The average Bonchev–Trinajstić information content (AvgIpc) is 3.04. The van der Waals surface area contributed by atoms with Crippen LogP contribution in [0.3, 0.4) is 0 Å². The Morgan fingerprint density at radius 2 is 1.90 bits per heavy atom. The molecule has 1 saturated carbocycles. The van der Waals surface area contributed by atoms with Gasteiger partial charge in [-0.3, -0.25) is 4.90 Å². The van der Waals surface area contributed by atoms with E-state index in [1.54, 1.807) is 0 Å². The summed E-state index contributed by atoms with van der Waals surface area (Å²) in [6, 6.07) is 13.2. The summed E-state index contributed by atoms with van der Waals surface area (Å²) < 4.78 is 0. The predicted molar refractivity (Wildman–Crippen MR) is 89.6 cm³/mol. The molecule has 0 amide bonds. The molecule has 2 atom stereocenters. The van der Waals surface area contributed by atoms with Crippen molar-refractivity contribution in [1.82, 2.24) is 10.2 Å². The lowest BCUT2D eigenvalue weighted by molar-refractivity contribution is 0.0778. The maximum atomic E-state index is 3.81. The van der Waals surface area contributed by atoms with Crippen molar-refractivity contribution in [3.05, 3.63) is 35.9 Å². The van der Waals surface area contributed by atoms with Gasteiger partial charge in [-0.1, -0.05) is 56.5 Å². The summed E-state index contributed by atoms with van der Waals surface area (Å²) in [5.74, 6) is 0. The van der Waals surface area contributed by atoms with E-state index in [1.807, 2.05) is 0 Å². The fourth-order valence-electron chi connectivity index (χ4n) is 4.21. The van der Waals surface area contributed by atoms with E-state index in [-0.39, 0.29) is 0 Å². The van der Waals surface area contributed by atoms with Crippen LogP contribution in [0.25, 0.3) is 0 Å². The molecule has 3 rings (SSSR count). The van der Waals surface area contributed by atoms with E-state index in [0.29, 0.717) is 6.04 Å². The average molecular weight is 286 g/mol. The number of rotatable bonds is 5. The Kier molecular flexibility index (Phi) is 5.32. The highest BCUT2D eigenvalue weighted by atomic mass is 15.3. The molecule has 116 valence electrons. The zero-order valence-corrected chi connectivity index (χ0v) is 13.4. The first-order valence-corrected chi connectivity index (χ1v) is 8.90. The molecule has 0 bridgehead atoms. The van der Waals surface area contributed by atoms with Crippen molar-refractivity contribution < 1.29 is 0 Å². The number of hydrogen-bond donors (Lipinski definition) is 1. The molecule has 1 aromatic carbocycles. The normalized spacial score (nSPS) is 28.0. The smallest absolute Gasteiger partial charge is 0.0236 e. The zero-order valence-electron chi connectivity index (χ0n) is 13.4. The highest BCUT2D eigenvalue weighted by Crippen LogP contribution is 2.28. The molecule has 1 aliphatic carbocycles. The summed E-state index contributed by atoms with van der Waals surface area (Å²) in [5, 5.41) is 3.81. The second kappa shape index (κ2) is 7.42. The lowest BCUT2D eigenvalue weighted by atomic mass is 9.97. The molecule has 2 unspecified atom stereocenters. The van der Waals surface area contributed by atoms with Crippen LogP contribution in [0.2, 0.25) is 0 Å². The Morgan fingerprint density at radius 3 is 2.62 bits per heavy atom. The quantitative estimate of drug-likeness (QED) is 0.889. The van der Waals surface area contributed by atoms with E-state index in [2.05, 4.69) is 47.5 Å². The molecule has 21 heavy (non-hydrogen) atoms. The van der Waals surface area contributed by atoms with Gasteiger partial charge in [0.1, 0.15) is 0 Å². The second-order valence-electron chi connectivity index (χ2n) is 6.87. The number of benzene rings is 1. The molecule has 2 aliphatic rings. The van der Waals surface area contributed by atoms with E-state index in [4.69, 9.17) is 0 Å². The van der Waals surface area contributed by atoms with Crippen molar-refractivity contribution in [2.24, 2.45) is 0 Å². The van der Waals surface area contributed by atoms with Gasteiger partial charge >= 0.3 is 0 Å². The van der Waals surface area contributed by atoms with Gasteiger partial charge in [-0.25, -0.2) is 0 Å². The fourth-order valence-corrected chi connectivity index (χ4v) is 4.21. The molecule has 0 radical (unpaired) electrons. The lowest BCUT2D eigenvalue weighted by Gasteiger charge is -2.44. The van der Waals surface area contributed by atoms with E-state index < -0.39 is 0 Å². The molecule has 2 nitrogen and oxygen atoms in total. The van der Waals surface area contributed by atoms with Gasteiger partial charge in [0, 0.05) is 31.2 Å². The fraction of sp³-hybridized carbons (Fsp3) is 0.684. The Balaban J connectivity index is 1.63. The van der Waals surface area contributed by atoms with Crippen LogP contribution in [-0.4, -0.2) is 36.1 Å². The highest BCUT2D eigenvalue weighted by molar-refractivity contribution is 5.16. The molecule has 0 spiro atoms. The molecule has 1 saturated heterocycles. The minimum atomic E-state index is 0.626. The summed E-state index contributed by atoms with van der Waals surface area (Å²) in [6.45, 7) is 4.74. The third kappa shape index (κ3) is 3.87. The van der Waals surface area contributed by atoms with E-state index >= 15 is 0 Å². The Labute approximate surface area is 129 Å². The summed E-state index contributed by atoms with van der Waals surface area (Å²) in [5.41, 5.74) is 1.47. The first-order chi connectivity index (χ1) is 10.4. The Bertz CT molecular complexity index is 411. The summed E-state index contributed by atoms with van der Waals surface area (Å²) in [4.78, 5) is 2.86. The predicted octanol–water partition coefficient (Wildman–Crippen LogP) is 3.61. The molecular formula is C19H30N2. The zero-order chi connectivity index (χ0) is 14.5. The topological polar surface area (TPSA) is 15.3 Å². The van der Waals surface area contributed by atoms with E-state index in [9.17, 15) is 0 Å². The summed E-state index contributed by atoms with van der Waals surface area (Å²) in [6.07, 6.45) is 9.56. The standard InChI is InChI=1S/C19H30N2/c1-2-8-19-14-20-17(13-16-9-4-3-5-10-16)15-21(19)18-11-6-7-12-18/h3-5,9-10,17-20H,2,6-8,11-15H2,1H3. The maximum absolute atomic E-state index is 3.81. The number of nitrogens with zero attached hydrogens (tertiary/aromatic N) is 1. The highest BCUT2D eigenvalue weighted by Gasteiger charge is 2.33. The largest absolute Gasteiger partial charge is 0.311 e. The Morgan fingerprint density at radius 1 is 1.14 bits per heavy atom. The molecule has 2 heteroatoms. The van der Waals surface area contributed by atoms with E-state index in [0.717, 1.165) is 12.1 Å². The number of hydrogen-bond acceptors (Lipinski definition) is 2. The van der Waals surface area contributed by atoms with Crippen molar-refractivity contribution in [2.75, 3.05) is 13.1 Å². The van der Waals surface area contributed by atoms with Crippen molar-refractivity contribution in [3.63, 3.8) is 0 Å². The van der Waals surface area contributed by atoms with Crippen molar-refractivity contribution in [2.45, 2.75) is 70.0 Å². The molecule has 2 fully saturated rings. The van der Waals surface area contributed by atoms with Crippen LogP contribution in [0.4, 0.5) is 0 Å². The van der Waals surface area contributed by atoms with Crippen LogP contribution in [0, 0.1) is 0 Å². The van der Waals surface area contributed by atoms with Crippen LogP contribution < -0.4 is 5.32 Å². The molecule has 1 N–H and O–H groups in total. The van der Waals surface area contributed by atoms with Crippen LogP contribution in [0.5, 0.6) is 0 Å². The number of nitrogens with one attached hydrogen (secondary N) is 1. The number of piperazine rings is 1. The molecule has 1 aromatic rings. The first kappa shape index (κ1) is 15.1. The monoisotopic (exact) mass is 286 g/mol. The van der Waals surface area contributed by atoms with Crippen LogP contribution >= 0.6 is 0 Å². The SMILES string of the molecule is CCCC1CNC(Cc2ccccc2)CN1C1CCCC1. The lowest BCUT2D eigenvalue weighted by Crippen LogP contribution is -2.59. The third-order valence-corrected chi connectivity index (χ3v) is 5.28. The summed E-state index contributed by atoms with van der Waals surface area (Å²) >= 11 is 0. The van der Waals surface area contributed by atoms with Crippen molar-refractivity contribution >= 4 is 0 Å². The first-order valence-electron chi connectivity index (χ1n) is 8.90. The van der Waals surface area contributed by atoms with Gasteiger partial charge in [-0.2, -0.15) is 0 Å². The van der Waals surface area contributed by atoms with Gasteiger partial charge in [-0.05, 0) is 31.2 Å². The molecule has 1 aliphatic heterocycles. The summed E-state index contributed by atoms with van der Waals surface area (Å²) in [7, 11) is 0. The van der Waals surface area contributed by atoms with Gasteiger partial charge in [0.2, 0.25) is 0 Å². The van der Waals surface area contributed by atoms with Gasteiger partial charge in [-0.15, -0.1) is 0 Å². The van der Waals surface area contributed by atoms with Crippen LogP contribution in [0.1, 0.15) is 51.0 Å². The minimum Gasteiger partial charge on any atom is -0.311 e. The van der Waals surface area contributed by atoms with Gasteiger partial charge < -0.3 is 5.32 Å². The van der Waals surface area contributed by atoms with Crippen molar-refractivity contribution in [1.29, 1.82) is 0 Å². The molecule has 0 aromatic heterocycles. The minimum absolute atomic E-state index is 0.626. The maximum Gasteiger partial charge on any atom is 0.0236 e. The molecule has 1 heterocycles. The second-order valence-corrected chi connectivity index (χ2v) is 6.87. The van der Waals surface area contributed by atoms with Gasteiger partial charge in [0.15, 0.2) is 0 Å². The van der Waals surface area contributed by atoms with Crippen LogP contribution in [0.15, 0.2) is 30.3 Å². The van der Waals surface area contributed by atoms with Gasteiger partial charge in [0.05, 0.1) is 0 Å². The van der Waals surface area contributed by atoms with Crippen LogP contribution in [-0.2, 0) is 6.42 Å². The van der Waals surface area contributed by atoms with Crippen molar-refractivity contribution in [3.8, 4) is 0 Å².